The van der Waals surface area contributed by atoms with Gasteiger partial charge in [-0.2, -0.15) is 0 Å². The molecule has 34 heavy (non-hydrogen) atoms. The maximum Gasteiger partial charge on any atom is 0.279 e. The maximum absolute atomic E-state index is 12.4. The first-order valence-electron chi connectivity index (χ1n) is 10.1. The van der Waals surface area contributed by atoms with Crippen molar-refractivity contribution in [3.8, 4) is 28.6 Å². The van der Waals surface area contributed by atoms with Crippen LogP contribution in [0.3, 0.4) is 0 Å². The first-order chi connectivity index (χ1) is 16.6. The van der Waals surface area contributed by atoms with E-state index in [9.17, 15) is 9.59 Å². The molecular weight excluding hydrogens is 474 g/mol. The van der Waals surface area contributed by atoms with Gasteiger partial charge in [0.25, 0.3) is 5.91 Å². The molecule has 0 saturated carbocycles. The molecule has 0 aliphatic carbocycles. The van der Waals surface area contributed by atoms with Crippen molar-refractivity contribution in [3.63, 3.8) is 0 Å². The lowest BCUT2D eigenvalue weighted by Gasteiger charge is -2.13. The first kappa shape index (κ1) is 23.3. The van der Waals surface area contributed by atoms with Crippen LogP contribution >= 0.6 is 23.1 Å². The molecule has 174 valence electrons. The van der Waals surface area contributed by atoms with E-state index in [0.29, 0.717) is 27.4 Å². The molecule has 2 aromatic carbocycles. The van der Waals surface area contributed by atoms with Gasteiger partial charge in [0.2, 0.25) is 5.91 Å². The van der Waals surface area contributed by atoms with Gasteiger partial charge in [-0.3, -0.25) is 25.0 Å². The highest BCUT2D eigenvalue weighted by Gasteiger charge is 2.20. The predicted molar refractivity (Wildman–Crippen MR) is 131 cm³/mol. The zero-order valence-corrected chi connectivity index (χ0v) is 20.0. The molecule has 2 N–H and O–H groups in total. The monoisotopic (exact) mass is 495 g/mol. The molecule has 4 aromatic rings. The number of aromatic nitrogens is 3. The quantitative estimate of drug-likeness (QED) is 0.284. The summed E-state index contributed by atoms with van der Waals surface area (Å²) in [6.45, 7) is 0. The Morgan fingerprint density at radius 3 is 2.47 bits per heavy atom. The Hall–Kier alpha value is -3.83. The molecule has 0 fully saturated rings. The Kier molecular flexibility index (Phi) is 7.45. The second kappa shape index (κ2) is 10.9. The number of thioether (sulfide) groups is 1. The molecule has 0 unspecified atom stereocenters. The lowest BCUT2D eigenvalue weighted by molar-refractivity contribution is -0.119. The Morgan fingerprint density at radius 2 is 1.76 bits per heavy atom. The molecule has 0 radical (unpaired) electrons. The minimum atomic E-state index is -0.377. The van der Waals surface area contributed by atoms with Crippen molar-refractivity contribution in [1.29, 1.82) is 0 Å². The third-order valence-corrected chi connectivity index (χ3v) is 6.50. The van der Waals surface area contributed by atoms with Crippen molar-refractivity contribution in [2.24, 2.45) is 0 Å². The van der Waals surface area contributed by atoms with E-state index in [0.717, 1.165) is 11.3 Å². The average molecular weight is 496 g/mol. The minimum Gasteiger partial charge on any atom is -0.497 e. The molecular formula is C23H21N5O4S2. The van der Waals surface area contributed by atoms with Gasteiger partial charge < -0.3 is 9.47 Å². The molecule has 0 atom stereocenters. The van der Waals surface area contributed by atoms with Crippen LogP contribution in [0.25, 0.3) is 17.1 Å². The summed E-state index contributed by atoms with van der Waals surface area (Å²) in [5.41, 5.74) is 6.39. The number of nitrogens with zero attached hydrogens (tertiary/aromatic N) is 3. The molecule has 0 aliphatic rings. The summed E-state index contributed by atoms with van der Waals surface area (Å²) in [4.78, 5) is 24.9. The largest absolute Gasteiger partial charge is 0.497 e. The third kappa shape index (κ3) is 5.21. The number of carbonyl (C=O) groups is 2. The fraction of sp³-hybridized carbons (Fsp3) is 0.130. The molecule has 4 rings (SSSR count). The zero-order valence-electron chi connectivity index (χ0n) is 18.3. The van der Waals surface area contributed by atoms with Gasteiger partial charge in [-0.05, 0) is 47.8 Å². The highest BCUT2D eigenvalue weighted by Crippen LogP contribution is 2.33. The number of nitrogens with one attached hydrogen (secondary N) is 2. The normalized spacial score (nSPS) is 10.5. The van der Waals surface area contributed by atoms with Gasteiger partial charge in [0.05, 0.1) is 36.1 Å². The van der Waals surface area contributed by atoms with Crippen LogP contribution in [0, 0.1) is 0 Å². The van der Waals surface area contributed by atoms with Crippen molar-refractivity contribution in [1.82, 2.24) is 25.6 Å². The number of hydrogen-bond donors (Lipinski definition) is 2. The maximum atomic E-state index is 12.4. The van der Waals surface area contributed by atoms with E-state index < -0.39 is 0 Å². The number of methoxy groups -OCH3 is 2. The van der Waals surface area contributed by atoms with E-state index in [2.05, 4.69) is 21.0 Å². The number of benzene rings is 2. The fourth-order valence-corrected chi connectivity index (χ4v) is 4.46. The van der Waals surface area contributed by atoms with Crippen LogP contribution in [0.15, 0.2) is 71.2 Å². The van der Waals surface area contributed by atoms with E-state index >= 15 is 0 Å². The van der Waals surface area contributed by atoms with Crippen molar-refractivity contribution < 1.29 is 19.1 Å². The number of carbonyl (C=O) groups excluding carboxylic acids is 2. The van der Waals surface area contributed by atoms with E-state index in [4.69, 9.17) is 9.47 Å². The molecule has 0 aliphatic heterocycles. The summed E-state index contributed by atoms with van der Waals surface area (Å²) >= 11 is 2.48. The summed E-state index contributed by atoms with van der Waals surface area (Å²) in [6, 6.07) is 18.4. The molecule has 2 aromatic heterocycles. The smallest absolute Gasteiger partial charge is 0.279 e. The number of ether oxygens (including phenoxy) is 2. The van der Waals surface area contributed by atoms with E-state index in [1.807, 2.05) is 53.1 Å². The highest BCUT2D eigenvalue weighted by molar-refractivity contribution is 7.99. The molecule has 2 heterocycles. The Morgan fingerprint density at radius 1 is 0.971 bits per heavy atom. The number of hydrazine groups is 1. The number of rotatable bonds is 8. The summed E-state index contributed by atoms with van der Waals surface area (Å²) < 4.78 is 12.6. The molecule has 0 bridgehead atoms. The van der Waals surface area contributed by atoms with Crippen LogP contribution < -0.4 is 20.3 Å². The van der Waals surface area contributed by atoms with E-state index in [-0.39, 0.29) is 17.6 Å². The van der Waals surface area contributed by atoms with E-state index in [1.165, 1.54) is 23.1 Å². The zero-order chi connectivity index (χ0) is 23.9. The van der Waals surface area contributed by atoms with Gasteiger partial charge in [0.1, 0.15) is 11.5 Å². The van der Waals surface area contributed by atoms with Gasteiger partial charge in [-0.1, -0.05) is 30.0 Å². The van der Waals surface area contributed by atoms with Crippen LogP contribution in [-0.2, 0) is 4.79 Å². The van der Waals surface area contributed by atoms with Crippen molar-refractivity contribution in [2.75, 3.05) is 20.0 Å². The summed E-state index contributed by atoms with van der Waals surface area (Å²) in [5, 5.41) is 11.0. The van der Waals surface area contributed by atoms with Crippen LogP contribution in [0.5, 0.6) is 11.5 Å². The fourth-order valence-electron chi connectivity index (χ4n) is 3.09. The highest BCUT2D eigenvalue weighted by atomic mass is 32.2. The first-order valence-corrected chi connectivity index (χ1v) is 12.0. The molecule has 0 spiro atoms. The van der Waals surface area contributed by atoms with Gasteiger partial charge in [-0.25, -0.2) is 0 Å². The van der Waals surface area contributed by atoms with Gasteiger partial charge in [-0.15, -0.1) is 21.5 Å². The SMILES string of the molecule is COc1ccc(-n2c(SCC(=O)NNC(=O)c3cccs3)nnc2-c2ccccc2OC)cc1. The third-order valence-electron chi connectivity index (χ3n) is 4.70. The van der Waals surface area contributed by atoms with Gasteiger partial charge in [0, 0.05) is 0 Å². The minimum absolute atomic E-state index is 0.0188. The molecule has 9 nitrogen and oxygen atoms in total. The van der Waals surface area contributed by atoms with Gasteiger partial charge >= 0.3 is 0 Å². The summed E-state index contributed by atoms with van der Waals surface area (Å²) in [7, 11) is 3.20. The Balaban J connectivity index is 1.56. The van der Waals surface area contributed by atoms with Crippen molar-refractivity contribution >= 4 is 34.9 Å². The second-order valence-corrected chi connectivity index (χ2v) is 8.70. The predicted octanol–water partition coefficient (Wildman–Crippen LogP) is 3.57. The van der Waals surface area contributed by atoms with Crippen molar-refractivity contribution in [2.45, 2.75) is 5.16 Å². The van der Waals surface area contributed by atoms with Gasteiger partial charge in [0.15, 0.2) is 11.0 Å². The molecule has 2 amide bonds. The number of hydrogen-bond acceptors (Lipinski definition) is 8. The van der Waals surface area contributed by atoms with E-state index in [1.54, 1.807) is 31.7 Å². The van der Waals surface area contributed by atoms with Crippen LogP contribution in [0.1, 0.15) is 9.67 Å². The molecule has 11 heteroatoms. The summed E-state index contributed by atoms with van der Waals surface area (Å²) in [5.74, 6) is 1.20. The Bertz CT molecular complexity index is 1270. The standard InChI is InChI=1S/C23H21N5O4S2/c1-31-16-11-9-15(10-12-16)28-21(17-6-3-4-7-18(17)32-2)25-27-23(28)34-14-20(29)24-26-22(30)19-8-5-13-33-19/h3-13H,14H2,1-2H3,(H,24,29)(H,26,30). The number of para-hydroxylation sites is 1. The summed E-state index contributed by atoms with van der Waals surface area (Å²) in [6.07, 6.45) is 0. The number of amides is 2. The van der Waals surface area contributed by atoms with Crippen LogP contribution in [0.2, 0.25) is 0 Å². The Labute approximate surface area is 204 Å². The van der Waals surface area contributed by atoms with Crippen LogP contribution in [0.4, 0.5) is 0 Å². The lowest BCUT2D eigenvalue weighted by atomic mass is 10.2. The van der Waals surface area contributed by atoms with Crippen LogP contribution in [-0.4, -0.2) is 46.6 Å². The average Bonchev–Trinajstić information content (AvgIpc) is 3.56. The van der Waals surface area contributed by atoms with Crippen molar-refractivity contribution in [3.05, 3.63) is 70.9 Å². The molecule has 0 saturated heterocycles. The number of thiophene rings is 1. The second-order valence-electron chi connectivity index (χ2n) is 6.81. The topological polar surface area (TPSA) is 107 Å². The lowest BCUT2D eigenvalue weighted by Crippen LogP contribution is -2.42.